The van der Waals surface area contributed by atoms with Crippen molar-refractivity contribution in [3.63, 3.8) is 0 Å². The lowest BCUT2D eigenvalue weighted by atomic mass is 9.97. The summed E-state index contributed by atoms with van der Waals surface area (Å²) in [4.78, 5) is 3.02. The lowest BCUT2D eigenvalue weighted by molar-refractivity contribution is -0.134. The molecule has 6 heteroatoms. The fourth-order valence-corrected chi connectivity index (χ4v) is 3.35. The molecule has 2 aliphatic heterocycles. The Bertz CT molecular complexity index is 285. The van der Waals surface area contributed by atoms with Gasteiger partial charge in [0.1, 0.15) is 4.83 Å². The summed E-state index contributed by atoms with van der Waals surface area (Å²) in [6.45, 7) is 4.89. The summed E-state index contributed by atoms with van der Waals surface area (Å²) in [5.74, 6) is 0. The van der Waals surface area contributed by atoms with E-state index in [0.29, 0.717) is 6.04 Å². The highest BCUT2D eigenvalue weighted by Crippen LogP contribution is 2.30. The first-order valence-electron chi connectivity index (χ1n) is 6.57. The van der Waals surface area contributed by atoms with Crippen molar-refractivity contribution < 1.29 is 13.2 Å². The number of fused-ring (bicyclic) bond motifs is 1. The Morgan fingerprint density at radius 3 is 2.67 bits per heavy atom. The first kappa shape index (κ1) is 14.6. The summed E-state index contributed by atoms with van der Waals surface area (Å²) in [6, 6.07) is 0.671. The lowest BCUT2D eigenvalue weighted by Gasteiger charge is -2.48. The van der Waals surface area contributed by atoms with Crippen molar-refractivity contribution in [2.24, 2.45) is 0 Å². The van der Waals surface area contributed by atoms with Gasteiger partial charge in [0.2, 0.25) is 0 Å². The smallest absolute Gasteiger partial charge is 0.298 e. The number of halogens is 4. The minimum absolute atomic E-state index is 0.0645. The van der Waals surface area contributed by atoms with Crippen molar-refractivity contribution in [2.45, 2.75) is 49.3 Å². The SMILES string of the molecule is CC1CN2CCCCC2CN1CC(Br)C(F)(F)F. The molecule has 0 radical (unpaired) electrons. The second kappa shape index (κ2) is 5.67. The molecular weight excluding hydrogens is 309 g/mol. The Morgan fingerprint density at radius 1 is 1.28 bits per heavy atom. The second-order valence-corrected chi connectivity index (χ2v) is 6.56. The van der Waals surface area contributed by atoms with Crippen LogP contribution in [0.15, 0.2) is 0 Å². The van der Waals surface area contributed by atoms with Gasteiger partial charge in [-0.1, -0.05) is 22.4 Å². The molecule has 2 saturated heterocycles. The van der Waals surface area contributed by atoms with Gasteiger partial charge in [0.25, 0.3) is 0 Å². The van der Waals surface area contributed by atoms with Gasteiger partial charge in [-0.2, -0.15) is 13.2 Å². The molecule has 0 aromatic rings. The second-order valence-electron chi connectivity index (χ2n) is 5.46. The lowest BCUT2D eigenvalue weighted by Crippen LogP contribution is -2.60. The van der Waals surface area contributed by atoms with Crippen molar-refractivity contribution in [3.05, 3.63) is 0 Å². The summed E-state index contributed by atoms with van der Waals surface area (Å²) in [6.07, 6.45) is -0.584. The zero-order valence-electron chi connectivity index (χ0n) is 10.6. The molecule has 2 aliphatic rings. The van der Waals surface area contributed by atoms with Crippen LogP contribution in [0, 0.1) is 0 Å². The predicted molar refractivity (Wildman–Crippen MR) is 69.0 cm³/mol. The first-order chi connectivity index (χ1) is 8.38. The van der Waals surface area contributed by atoms with Crippen LogP contribution in [0.4, 0.5) is 13.2 Å². The van der Waals surface area contributed by atoms with Gasteiger partial charge < -0.3 is 0 Å². The van der Waals surface area contributed by atoms with E-state index in [2.05, 4.69) is 20.8 Å². The van der Waals surface area contributed by atoms with Crippen molar-refractivity contribution >= 4 is 15.9 Å². The van der Waals surface area contributed by atoms with E-state index in [1.807, 2.05) is 11.8 Å². The maximum Gasteiger partial charge on any atom is 0.402 e. The maximum absolute atomic E-state index is 12.6. The summed E-state index contributed by atoms with van der Waals surface area (Å²) in [7, 11) is 0. The molecule has 2 nitrogen and oxygen atoms in total. The molecule has 2 fully saturated rings. The minimum Gasteiger partial charge on any atom is -0.298 e. The molecule has 2 heterocycles. The van der Waals surface area contributed by atoms with E-state index in [1.54, 1.807) is 0 Å². The van der Waals surface area contributed by atoms with Gasteiger partial charge in [-0.25, -0.2) is 0 Å². The highest BCUT2D eigenvalue weighted by molar-refractivity contribution is 9.09. The number of rotatable bonds is 2. The summed E-state index contributed by atoms with van der Waals surface area (Å²) in [5, 5.41) is 0. The third-order valence-electron chi connectivity index (χ3n) is 4.07. The van der Waals surface area contributed by atoms with Crippen LogP contribution in [-0.2, 0) is 0 Å². The average molecular weight is 329 g/mol. The van der Waals surface area contributed by atoms with E-state index in [9.17, 15) is 13.2 Å². The van der Waals surface area contributed by atoms with Crippen LogP contribution >= 0.6 is 15.9 Å². The molecule has 0 N–H and O–H groups in total. The van der Waals surface area contributed by atoms with E-state index >= 15 is 0 Å². The van der Waals surface area contributed by atoms with Crippen LogP contribution in [0.25, 0.3) is 0 Å². The molecular formula is C12H20BrF3N2. The van der Waals surface area contributed by atoms with E-state index in [0.717, 1.165) is 26.1 Å². The summed E-state index contributed by atoms with van der Waals surface area (Å²) >= 11 is 2.77. The van der Waals surface area contributed by atoms with Crippen LogP contribution in [0.2, 0.25) is 0 Å². The first-order valence-corrected chi connectivity index (χ1v) is 7.48. The fourth-order valence-electron chi connectivity index (χ4n) is 2.98. The van der Waals surface area contributed by atoms with E-state index in [1.165, 1.54) is 12.8 Å². The molecule has 0 spiro atoms. The van der Waals surface area contributed by atoms with E-state index in [-0.39, 0.29) is 12.6 Å². The molecule has 0 aromatic carbocycles. The normalized spacial score (nSPS) is 33.2. The summed E-state index contributed by atoms with van der Waals surface area (Å²) in [5.41, 5.74) is 0. The topological polar surface area (TPSA) is 6.48 Å². The molecule has 0 saturated carbocycles. The van der Waals surface area contributed by atoms with E-state index < -0.39 is 11.0 Å². The summed E-state index contributed by atoms with van der Waals surface area (Å²) < 4.78 is 37.7. The molecule has 0 amide bonds. The number of nitrogens with zero attached hydrogens (tertiary/aromatic N) is 2. The molecule has 106 valence electrons. The van der Waals surface area contributed by atoms with Crippen molar-refractivity contribution in [2.75, 3.05) is 26.2 Å². The zero-order chi connectivity index (χ0) is 13.3. The van der Waals surface area contributed by atoms with Gasteiger partial charge in [0.05, 0.1) is 0 Å². The monoisotopic (exact) mass is 328 g/mol. The van der Waals surface area contributed by atoms with Crippen molar-refractivity contribution in [3.8, 4) is 0 Å². The predicted octanol–water partition coefficient (Wildman–Crippen LogP) is 2.87. The number of hydrogen-bond donors (Lipinski definition) is 0. The van der Waals surface area contributed by atoms with Crippen LogP contribution in [0.5, 0.6) is 0 Å². The number of piperidine rings is 1. The largest absolute Gasteiger partial charge is 0.402 e. The molecule has 3 unspecified atom stereocenters. The van der Waals surface area contributed by atoms with Gasteiger partial charge in [-0.05, 0) is 26.3 Å². The third-order valence-corrected chi connectivity index (χ3v) is 4.88. The average Bonchev–Trinajstić information content (AvgIpc) is 2.28. The fraction of sp³-hybridized carbons (Fsp3) is 1.00. The Morgan fingerprint density at radius 2 is 2.00 bits per heavy atom. The van der Waals surface area contributed by atoms with Gasteiger partial charge in [0, 0.05) is 31.7 Å². The Labute approximate surface area is 115 Å². The van der Waals surface area contributed by atoms with Crippen molar-refractivity contribution in [1.82, 2.24) is 9.80 Å². The van der Waals surface area contributed by atoms with Gasteiger partial charge in [-0.15, -0.1) is 0 Å². The maximum atomic E-state index is 12.6. The van der Waals surface area contributed by atoms with Crippen LogP contribution in [-0.4, -0.2) is 59.1 Å². The van der Waals surface area contributed by atoms with Crippen LogP contribution < -0.4 is 0 Å². The zero-order valence-corrected chi connectivity index (χ0v) is 12.2. The molecule has 2 rings (SSSR count). The van der Waals surface area contributed by atoms with Crippen LogP contribution in [0.3, 0.4) is 0 Å². The highest BCUT2D eigenvalue weighted by Gasteiger charge is 2.41. The Hall–Kier alpha value is 0.190. The third kappa shape index (κ3) is 3.39. The minimum atomic E-state index is -4.15. The van der Waals surface area contributed by atoms with Gasteiger partial charge in [0.15, 0.2) is 0 Å². The number of alkyl halides is 4. The molecule has 0 bridgehead atoms. The number of piperazine rings is 1. The van der Waals surface area contributed by atoms with Gasteiger partial charge in [-0.3, -0.25) is 9.80 Å². The molecule has 18 heavy (non-hydrogen) atoms. The van der Waals surface area contributed by atoms with Gasteiger partial charge >= 0.3 is 6.18 Å². The van der Waals surface area contributed by atoms with E-state index in [4.69, 9.17) is 0 Å². The Balaban J connectivity index is 1.93. The molecule has 0 aliphatic carbocycles. The highest BCUT2D eigenvalue weighted by atomic mass is 79.9. The quantitative estimate of drug-likeness (QED) is 0.719. The van der Waals surface area contributed by atoms with Crippen molar-refractivity contribution in [1.29, 1.82) is 0 Å². The standard InChI is InChI=1S/C12H20BrF3N2/c1-9-6-17-5-3-2-4-10(17)7-18(9)8-11(13)12(14,15)16/h9-11H,2-8H2,1H3. The van der Waals surface area contributed by atoms with Crippen LogP contribution in [0.1, 0.15) is 26.2 Å². The molecule has 3 atom stereocenters. The number of hydrogen-bond acceptors (Lipinski definition) is 2. The Kier molecular flexibility index (Phi) is 4.60. The molecule has 0 aromatic heterocycles.